The maximum absolute atomic E-state index is 12.3. The van der Waals surface area contributed by atoms with Crippen molar-refractivity contribution in [3.63, 3.8) is 0 Å². The number of carboxylic acid groups (broad SMARTS) is 1. The van der Waals surface area contributed by atoms with Gasteiger partial charge in [-0.05, 0) is 26.0 Å². The first-order valence-electron chi connectivity index (χ1n) is 8.45. The molecule has 2 amide bonds. The van der Waals surface area contributed by atoms with Crippen LogP contribution in [0, 0.1) is 0 Å². The number of carboxylic acids is 1. The summed E-state index contributed by atoms with van der Waals surface area (Å²) in [4.78, 5) is 34.7. The lowest BCUT2D eigenvalue weighted by Gasteiger charge is -2.17. The van der Waals surface area contributed by atoms with E-state index in [0.29, 0.717) is 24.7 Å². The summed E-state index contributed by atoms with van der Waals surface area (Å²) in [6, 6.07) is 6.10. The Bertz CT molecular complexity index is 873. The largest absolute Gasteiger partial charge is 0.492 e. The first kappa shape index (κ1) is 20.6. The van der Waals surface area contributed by atoms with E-state index in [9.17, 15) is 14.4 Å². The Morgan fingerprint density at radius 1 is 1.04 bits per heavy atom. The summed E-state index contributed by atoms with van der Waals surface area (Å²) in [7, 11) is 0. The second kappa shape index (κ2) is 9.81. The van der Waals surface area contributed by atoms with Gasteiger partial charge in [0.05, 0.1) is 30.9 Å². The van der Waals surface area contributed by atoms with Crippen molar-refractivity contribution in [2.24, 2.45) is 0 Å². The zero-order valence-corrected chi connectivity index (χ0v) is 15.4. The average molecular weight is 388 g/mol. The molecule has 0 bridgehead atoms. The van der Waals surface area contributed by atoms with Crippen molar-refractivity contribution < 1.29 is 33.4 Å². The van der Waals surface area contributed by atoms with Crippen molar-refractivity contribution in [3.05, 3.63) is 48.4 Å². The van der Waals surface area contributed by atoms with Crippen LogP contribution in [-0.4, -0.2) is 36.1 Å². The molecule has 28 heavy (non-hydrogen) atoms. The number of furan rings is 1. The van der Waals surface area contributed by atoms with Crippen molar-refractivity contribution >= 4 is 29.2 Å². The highest BCUT2D eigenvalue weighted by molar-refractivity contribution is 6.05. The molecule has 9 heteroatoms. The van der Waals surface area contributed by atoms with Crippen LogP contribution in [-0.2, 0) is 9.59 Å². The average Bonchev–Trinajstić information content (AvgIpc) is 3.18. The lowest BCUT2D eigenvalue weighted by Crippen LogP contribution is -2.14. The molecule has 0 spiro atoms. The van der Waals surface area contributed by atoms with Crippen molar-refractivity contribution in [1.29, 1.82) is 0 Å². The normalized spacial score (nSPS) is 10.5. The molecule has 0 aliphatic heterocycles. The number of carbonyl (C=O) groups is 3. The van der Waals surface area contributed by atoms with Crippen LogP contribution in [0.15, 0.2) is 47.1 Å². The molecule has 0 atom stereocenters. The van der Waals surface area contributed by atoms with Gasteiger partial charge < -0.3 is 29.6 Å². The Hall–Kier alpha value is -3.75. The second-order valence-electron chi connectivity index (χ2n) is 5.30. The van der Waals surface area contributed by atoms with Crippen LogP contribution in [0.5, 0.6) is 11.5 Å². The zero-order valence-electron chi connectivity index (χ0n) is 15.4. The Kier molecular flexibility index (Phi) is 7.21. The quantitative estimate of drug-likeness (QED) is 0.564. The molecular weight excluding hydrogens is 368 g/mol. The fourth-order valence-corrected chi connectivity index (χ4v) is 2.22. The Morgan fingerprint density at radius 2 is 1.64 bits per heavy atom. The third kappa shape index (κ3) is 5.63. The topological polar surface area (TPSA) is 127 Å². The Labute approximate surface area is 160 Å². The Morgan fingerprint density at radius 3 is 2.14 bits per heavy atom. The second-order valence-corrected chi connectivity index (χ2v) is 5.30. The lowest BCUT2D eigenvalue weighted by atomic mass is 10.2. The molecule has 0 unspecified atom stereocenters. The van der Waals surface area contributed by atoms with Gasteiger partial charge in [-0.1, -0.05) is 0 Å². The van der Waals surface area contributed by atoms with E-state index in [4.69, 9.17) is 19.0 Å². The predicted octanol–water partition coefficient (Wildman–Crippen LogP) is 2.91. The van der Waals surface area contributed by atoms with Gasteiger partial charge in [0.2, 0.25) is 5.91 Å². The van der Waals surface area contributed by atoms with E-state index in [0.717, 1.165) is 12.2 Å². The molecule has 0 aliphatic carbocycles. The van der Waals surface area contributed by atoms with E-state index in [1.54, 1.807) is 19.9 Å². The number of anilines is 2. The van der Waals surface area contributed by atoms with Crippen molar-refractivity contribution in [2.45, 2.75) is 13.8 Å². The first-order chi connectivity index (χ1) is 13.4. The Balaban J connectivity index is 2.35. The molecule has 0 saturated carbocycles. The van der Waals surface area contributed by atoms with Crippen molar-refractivity contribution in [2.75, 3.05) is 23.8 Å². The number of benzene rings is 1. The van der Waals surface area contributed by atoms with Gasteiger partial charge in [-0.3, -0.25) is 9.59 Å². The van der Waals surface area contributed by atoms with Crippen molar-refractivity contribution in [1.82, 2.24) is 0 Å². The predicted molar refractivity (Wildman–Crippen MR) is 101 cm³/mol. The van der Waals surface area contributed by atoms with E-state index < -0.39 is 17.8 Å². The number of hydrogen-bond acceptors (Lipinski definition) is 6. The molecule has 0 radical (unpaired) electrons. The number of amides is 2. The summed E-state index contributed by atoms with van der Waals surface area (Å²) in [5.41, 5.74) is 0.590. The highest BCUT2D eigenvalue weighted by Crippen LogP contribution is 2.37. The molecule has 1 aromatic heterocycles. The van der Waals surface area contributed by atoms with Gasteiger partial charge in [0, 0.05) is 24.3 Å². The summed E-state index contributed by atoms with van der Waals surface area (Å²) in [5, 5.41) is 13.8. The van der Waals surface area contributed by atoms with Crippen LogP contribution >= 0.6 is 0 Å². The summed E-state index contributed by atoms with van der Waals surface area (Å²) in [6.07, 6.45) is 2.98. The van der Waals surface area contributed by atoms with Crippen molar-refractivity contribution in [3.8, 4) is 11.5 Å². The van der Waals surface area contributed by atoms with Crippen LogP contribution in [0.1, 0.15) is 24.4 Å². The number of aliphatic carboxylic acids is 1. The van der Waals surface area contributed by atoms with Crippen LogP contribution < -0.4 is 20.1 Å². The summed E-state index contributed by atoms with van der Waals surface area (Å²) >= 11 is 0. The van der Waals surface area contributed by atoms with E-state index in [1.807, 2.05) is 0 Å². The van der Waals surface area contributed by atoms with E-state index in [-0.39, 0.29) is 17.2 Å². The number of carbonyl (C=O) groups excluding carboxylic acids is 2. The summed E-state index contributed by atoms with van der Waals surface area (Å²) in [5.74, 6) is -1.68. The van der Waals surface area contributed by atoms with Gasteiger partial charge in [0.25, 0.3) is 5.91 Å². The van der Waals surface area contributed by atoms with Crippen LogP contribution in [0.4, 0.5) is 11.4 Å². The zero-order chi connectivity index (χ0) is 20.5. The number of nitrogens with one attached hydrogen (secondary N) is 2. The molecule has 2 rings (SSSR count). The van der Waals surface area contributed by atoms with Gasteiger partial charge in [-0.15, -0.1) is 0 Å². The maximum atomic E-state index is 12.3. The van der Waals surface area contributed by atoms with Gasteiger partial charge in [-0.25, -0.2) is 4.79 Å². The van der Waals surface area contributed by atoms with Crippen LogP contribution in [0.3, 0.4) is 0 Å². The molecule has 1 aromatic carbocycles. The van der Waals surface area contributed by atoms with Gasteiger partial charge in [0.1, 0.15) is 11.5 Å². The van der Waals surface area contributed by atoms with Gasteiger partial charge in [-0.2, -0.15) is 0 Å². The molecular formula is C19H20N2O7. The SMILES string of the molecule is CCOc1cc(NC(=O)c2ccco2)c(OCC)cc1NC(=O)/C=C/C(=O)O. The smallest absolute Gasteiger partial charge is 0.328 e. The number of ether oxygens (including phenoxy) is 2. The molecule has 0 saturated heterocycles. The molecule has 9 nitrogen and oxygen atoms in total. The summed E-state index contributed by atoms with van der Waals surface area (Å²) < 4.78 is 16.1. The first-order valence-corrected chi connectivity index (χ1v) is 8.45. The lowest BCUT2D eigenvalue weighted by molar-refractivity contribution is -0.131. The highest BCUT2D eigenvalue weighted by Gasteiger charge is 2.17. The van der Waals surface area contributed by atoms with E-state index in [2.05, 4.69) is 10.6 Å². The molecule has 148 valence electrons. The molecule has 0 fully saturated rings. The molecule has 2 aromatic rings. The molecule has 3 N–H and O–H groups in total. The standard InChI is InChI=1S/C19H20N2O7/c1-3-26-15-11-13(21-19(25)14-6-5-9-28-14)16(27-4-2)10-12(15)20-17(22)7-8-18(23)24/h5-11H,3-4H2,1-2H3,(H,20,22)(H,21,25)(H,23,24)/b8-7+. The minimum atomic E-state index is -1.24. The van der Waals surface area contributed by atoms with E-state index >= 15 is 0 Å². The minimum absolute atomic E-state index is 0.122. The maximum Gasteiger partial charge on any atom is 0.328 e. The third-order valence-electron chi connectivity index (χ3n) is 3.31. The minimum Gasteiger partial charge on any atom is -0.492 e. The number of rotatable bonds is 9. The van der Waals surface area contributed by atoms with E-state index in [1.165, 1.54) is 24.5 Å². The fourth-order valence-electron chi connectivity index (χ4n) is 2.22. The van der Waals surface area contributed by atoms with Gasteiger partial charge in [0.15, 0.2) is 5.76 Å². The van der Waals surface area contributed by atoms with Crippen LogP contribution in [0.2, 0.25) is 0 Å². The molecule has 0 aliphatic rings. The van der Waals surface area contributed by atoms with Gasteiger partial charge >= 0.3 is 5.97 Å². The third-order valence-corrected chi connectivity index (χ3v) is 3.31. The molecule has 1 heterocycles. The van der Waals surface area contributed by atoms with Crippen LogP contribution in [0.25, 0.3) is 0 Å². The highest BCUT2D eigenvalue weighted by atomic mass is 16.5. The monoisotopic (exact) mass is 388 g/mol. The number of hydrogen-bond donors (Lipinski definition) is 3. The summed E-state index contributed by atoms with van der Waals surface area (Å²) in [6.45, 7) is 4.13. The fraction of sp³-hybridized carbons (Fsp3) is 0.211.